The SMILES string of the molecule is CCO[C@]1(c2ccc(Cl)cc2)c2c(F)cc(C(O)(CC)C3CCOCC3)cc2C(=O)N1Cc1ccc(Cl)cc1C(=O)O. The van der Waals surface area contributed by atoms with Crippen molar-refractivity contribution in [1.82, 2.24) is 4.90 Å². The van der Waals surface area contributed by atoms with Gasteiger partial charge in [0.25, 0.3) is 5.91 Å². The lowest BCUT2D eigenvalue weighted by Gasteiger charge is -2.40. The van der Waals surface area contributed by atoms with Gasteiger partial charge in [0.05, 0.1) is 28.8 Å². The van der Waals surface area contributed by atoms with Crippen LogP contribution >= 0.6 is 23.2 Å². The number of hydrogen-bond acceptors (Lipinski definition) is 5. The third kappa shape index (κ3) is 5.09. The molecule has 2 heterocycles. The number of carboxylic acids is 1. The van der Waals surface area contributed by atoms with E-state index in [9.17, 15) is 19.8 Å². The summed E-state index contributed by atoms with van der Waals surface area (Å²) in [6.07, 6.45) is 1.52. The Morgan fingerprint density at radius 1 is 1.10 bits per heavy atom. The molecule has 0 spiro atoms. The number of nitrogens with zero attached hydrogens (tertiary/aromatic N) is 1. The van der Waals surface area contributed by atoms with E-state index in [4.69, 9.17) is 32.7 Å². The Kier molecular flexibility index (Phi) is 8.65. The quantitative estimate of drug-likeness (QED) is 0.276. The van der Waals surface area contributed by atoms with Crippen molar-refractivity contribution in [2.45, 2.75) is 51.0 Å². The summed E-state index contributed by atoms with van der Waals surface area (Å²) in [5, 5.41) is 22.5. The maximum Gasteiger partial charge on any atom is 0.336 e. The Morgan fingerprint density at radius 2 is 1.76 bits per heavy atom. The third-order valence-corrected chi connectivity index (χ3v) is 8.93. The minimum Gasteiger partial charge on any atom is -0.478 e. The zero-order chi connectivity index (χ0) is 30.2. The molecule has 0 aliphatic carbocycles. The number of carboxylic acid groups (broad SMARTS) is 1. The van der Waals surface area contributed by atoms with Gasteiger partial charge in [-0.2, -0.15) is 0 Å². The smallest absolute Gasteiger partial charge is 0.336 e. The van der Waals surface area contributed by atoms with E-state index in [0.29, 0.717) is 54.2 Å². The van der Waals surface area contributed by atoms with Gasteiger partial charge in [-0.1, -0.05) is 48.3 Å². The summed E-state index contributed by atoms with van der Waals surface area (Å²) in [6.45, 7) is 4.42. The number of carbonyl (C=O) groups excluding carboxylic acids is 1. The second kappa shape index (κ2) is 11.9. The minimum atomic E-state index is -1.74. The first-order valence-corrected chi connectivity index (χ1v) is 14.7. The van der Waals surface area contributed by atoms with Gasteiger partial charge in [-0.25, -0.2) is 9.18 Å². The van der Waals surface area contributed by atoms with E-state index in [-0.39, 0.29) is 40.8 Å². The number of amides is 1. The zero-order valence-corrected chi connectivity index (χ0v) is 24.8. The van der Waals surface area contributed by atoms with Gasteiger partial charge in [0.2, 0.25) is 0 Å². The summed E-state index contributed by atoms with van der Waals surface area (Å²) in [5.41, 5.74) is -2.14. The molecular formula is C32H32Cl2FNO6. The van der Waals surface area contributed by atoms with Crippen LogP contribution in [0.2, 0.25) is 10.0 Å². The summed E-state index contributed by atoms with van der Waals surface area (Å²) in [6, 6.07) is 13.8. The van der Waals surface area contributed by atoms with Crippen molar-refractivity contribution >= 4 is 35.1 Å². The van der Waals surface area contributed by atoms with Crippen LogP contribution in [0.1, 0.15) is 76.1 Å². The zero-order valence-electron chi connectivity index (χ0n) is 23.3. The molecule has 42 heavy (non-hydrogen) atoms. The van der Waals surface area contributed by atoms with Crippen LogP contribution in [0.4, 0.5) is 4.39 Å². The summed E-state index contributed by atoms with van der Waals surface area (Å²) in [7, 11) is 0. The fourth-order valence-electron chi connectivity index (χ4n) is 6.35. The maximum atomic E-state index is 16.6. The van der Waals surface area contributed by atoms with Crippen LogP contribution in [-0.2, 0) is 27.3 Å². The van der Waals surface area contributed by atoms with E-state index in [1.165, 1.54) is 29.2 Å². The fraction of sp³-hybridized carbons (Fsp3) is 0.375. The van der Waals surface area contributed by atoms with Gasteiger partial charge in [-0.3, -0.25) is 9.69 Å². The second-order valence-corrected chi connectivity index (χ2v) is 11.5. The number of hydrogen-bond donors (Lipinski definition) is 2. The predicted molar refractivity (Wildman–Crippen MR) is 156 cm³/mol. The average Bonchev–Trinajstić information content (AvgIpc) is 3.22. The van der Waals surface area contributed by atoms with E-state index in [0.717, 1.165) is 0 Å². The Balaban J connectivity index is 1.74. The highest BCUT2D eigenvalue weighted by Gasteiger charge is 2.55. The van der Waals surface area contributed by atoms with Crippen molar-refractivity contribution in [3.05, 3.63) is 104 Å². The highest BCUT2D eigenvalue weighted by atomic mass is 35.5. The minimum absolute atomic E-state index is 0.00306. The Labute approximate surface area is 253 Å². The van der Waals surface area contributed by atoms with Gasteiger partial charge in [0.1, 0.15) is 5.82 Å². The maximum absolute atomic E-state index is 16.6. The van der Waals surface area contributed by atoms with Crippen molar-refractivity contribution < 1.29 is 33.7 Å². The molecule has 222 valence electrons. The van der Waals surface area contributed by atoms with E-state index >= 15 is 4.39 Å². The molecule has 5 rings (SSSR count). The van der Waals surface area contributed by atoms with Gasteiger partial charge >= 0.3 is 5.97 Å². The molecule has 1 amide bonds. The monoisotopic (exact) mass is 615 g/mol. The molecule has 7 nitrogen and oxygen atoms in total. The third-order valence-electron chi connectivity index (χ3n) is 8.44. The number of halogens is 3. The summed E-state index contributed by atoms with van der Waals surface area (Å²) in [5.74, 6) is -2.68. The molecule has 10 heteroatoms. The van der Waals surface area contributed by atoms with Crippen molar-refractivity contribution in [3.63, 3.8) is 0 Å². The van der Waals surface area contributed by atoms with Gasteiger partial charge in [0.15, 0.2) is 5.72 Å². The number of rotatable bonds is 9. The Bertz CT molecular complexity index is 1510. The van der Waals surface area contributed by atoms with Crippen LogP contribution in [0.25, 0.3) is 0 Å². The predicted octanol–water partition coefficient (Wildman–Crippen LogP) is 6.75. The number of aromatic carboxylic acids is 1. The van der Waals surface area contributed by atoms with Crippen LogP contribution in [0, 0.1) is 11.7 Å². The second-order valence-electron chi connectivity index (χ2n) is 10.6. The molecule has 0 aromatic heterocycles. The summed E-state index contributed by atoms with van der Waals surface area (Å²) < 4.78 is 28.4. The molecule has 0 saturated carbocycles. The normalized spacial score (nSPS) is 20.4. The molecule has 2 aliphatic heterocycles. The lowest BCUT2D eigenvalue weighted by Crippen LogP contribution is -2.47. The first kappa shape index (κ1) is 30.4. The molecule has 1 unspecified atom stereocenters. The van der Waals surface area contributed by atoms with Crippen LogP contribution in [-0.4, -0.2) is 46.8 Å². The molecule has 0 bridgehead atoms. The molecule has 3 aromatic carbocycles. The molecule has 1 saturated heterocycles. The molecule has 0 radical (unpaired) electrons. The van der Waals surface area contributed by atoms with Crippen LogP contribution in [0.3, 0.4) is 0 Å². The molecule has 2 aliphatic rings. The van der Waals surface area contributed by atoms with E-state index in [1.54, 1.807) is 37.3 Å². The standard InChI is InChI=1S/C32H32Cl2FNO6/c1-3-31(40,20-11-13-41-14-12-20)22-15-26-28(27(35)16-22)32(42-4-2,21-6-9-23(33)10-7-21)36(29(26)37)18-19-5-8-24(34)17-25(19)30(38)39/h5-10,15-17,20,40H,3-4,11-14,18H2,1-2H3,(H,38,39)/t31?,32-/m1/s1. The van der Waals surface area contributed by atoms with E-state index in [1.807, 2.05) is 6.92 Å². The summed E-state index contributed by atoms with van der Waals surface area (Å²) in [4.78, 5) is 27.8. The van der Waals surface area contributed by atoms with Gasteiger partial charge < -0.3 is 19.7 Å². The molecule has 2 atom stereocenters. The van der Waals surface area contributed by atoms with Crippen molar-refractivity contribution in [2.75, 3.05) is 19.8 Å². The van der Waals surface area contributed by atoms with Crippen LogP contribution in [0.5, 0.6) is 0 Å². The van der Waals surface area contributed by atoms with Gasteiger partial charge in [0, 0.05) is 35.4 Å². The van der Waals surface area contributed by atoms with Crippen LogP contribution in [0.15, 0.2) is 54.6 Å². The van der Waals surface area contributed by atoms with Gasteiger partial charge in [-0.05, 0) is 79.6 Å². The van der Waals surface area contributed by atoms with Crippen molar-refractivity contribution in [1.29, 1.82) is 0 Å². The van der Waals surface area contributed by atoms with Crippen molar-refractivity contribution in [2.24, 2.45) is 5.92 Å². The fourth-order valence-corrected chi connectivity index (χ4v) is 6.65. The van der Waals surface area contributed by atoms with E-state index in [2.05, 4.69) is 0 Å². The van der Waals surface area contributed by atoms with Gasteiger partial charge in [-0.15, -0.1) is 0 Å². The Morgan fingerprint density at radius 3 is 2.38 bits per heavy atom. The number of carbonyl (C=O) groups is 2. The molecule has 1 fully saturated rings. The first-order chi connectivity index (χ1) is 20.1. The number of fused-ring (bicyclic) bond motifs is 1. The van der Waals surface area contributed by atoms with Crippen LogP contribution < -0.4 is 0 Å². The Hall–Kier alpha value is -3.01. The molecule has 2 N–H and O–H groups in total. The first-order valence-electron chi connectivity index (χ1n) is 13.9. The lowest BCUT2D eigenvalue weighted by atomic mass is 9.74. The topological polar surface area (TPSA) is 96.3 Å². The molecule has 3 aromatic rings. The molecular weight excluding hydrogens is 584 g/mol. The average molecular weight is 617 g/mol. The van der Waals surface area contributed by atoms with Crippen molar-refractivity contribution in [3.8, 4) is 0 Å². The summed E-state index contributed by atoms with van der Waals surface area (Å²) >= 11 is 12.3. The highest BCUT2D eigenvalue weighted by Crippen LogP contribution is 2.50. The largest absolute Gasteiger partial charge is 0.478 e. The number of benzene rings is 3. The number of aliphatic hydroxyl groups is 1. The lowest BCUT2D eigenvalue weighted by molar-refractivity contribution is -0.109. The number of ether oxygens (including phenoxy) is 2. The highest BCUT2D eigenvalue weighted by molar-refractivity contribution is 6.31. The van der Waals surface area contributed by atoms with E-state index < -0.39 is 29.0 Å².